The highest BCUT2D eigenvalue weighted by molar-refractivity contribution is 7.99. The van der Waals surface area contributed by atoms with Crippen LogP contribution in [-0.2, 0) is 9.53 Å². The molecule has 1 heterocycles. The molecule has 3 rings (SSSR count). The maximum atomic E-state index is 13.0. The highest BCUT2D eigenvalue weighted by atomic mass is 35.5. The van der Waals surface area contributed by atoms with Crippen molar-refractivity contribution in [1.29, 1.82) is 0 Å². The zero-order valence-corrected chi connectivity index (χ0v) is 17.6. The summed E-state index contributed by atoms with van der Waals surface area (Å²) in [7, 11) is 3.89. The van der Waals surface area contributed by atoms with Gasteiger partial charge in [0, 0.05) is 28.4 Å². The minimum Gasteiger partial charge on any atom is -1.00 e. The summed E-state index contributed by atoms with van der Waals surface area (Å²) < 4.78 is 4.94. The van der Waals surface area contributed by atoms with Crippen LogP contribution in [-0.4, -0.2) is 44.1 Å². The van der Waals surface area contributed by atoms with Gasteiger partial charge in [0.1, 0.15) is 0 Å². The largest absolute Gasteiger partial charge is 1.00 e. The molecule has 0 aliphatic carbocycles. The first-order valence-electron chi connectivity index (χ1n) is 8.82. The Bertz CT molecular complexity index is 860. The molecule has 150 valence electrons. The van der Waals surface area contributed by atoms with Gasteiger partial charge in [0.05, 0.1) is 18.0 Å². The predicted octanol–water partition coefficient (Wildman–Crippen LogP) is 1.34. The zero-order chi connectivity index (χ0) is 19.4. The fourth-order valence-electron chi connectivity index (χ4n) is 2.82. The van der Waals surface area contributed by atoms with Gasteiger partial charge in [0.25, 0.3) is 0 Å². The second kappa shape index (κ2) is 9.82. The van der Waals surface area contributed by atoms with E-state index in [1.165, 1.54) is 0 Å². The van der Waals surface area contributed by atoms with Crippen LogP contribution < -0.4 is 22.6 Å². The van der Waals surface area contributed by atoms with Crippen LogP contribution in [0.4, 0.5) is 21.9 Å². The third kappa shape index (κ3) is 4.98. The Kier molecular flexibility index (Phi) is 7.74. The fourth-order valence-corrected chi connectivity index (χ4v) is 3.86. The molecular formula is C20H23ClN3O3S-. The summed E-state index contributed by atoms with van der Waals surface area (Å²) in [4.78, 5) is 30.5. The van der Waals surface area contributed by atoms with E-state index in [9.17, 15) is 9.59 Å². The quantitative estimate of drug-likeness (QED) is 0.791. The molecule has 0 saturated carbocycles. The average Bonchev–Trinajstić information content (AvgIpc) is 2.64. The van der Waals surface area contributed by atoms with E-state index in [1.54, 1.807) is 23.6 Å². The van der Waals surface area contributed by atoms with Crippen LogP contribution in [0.3, 0.4) is 0 Å². The van der Waals surface area contributed by atoms with Gasteiger partial charge in [-0.3, -0.25) is 15.0 Å². The van der Waals surface area contributed by atoms with E-state index in [4.69, 9.17) is 4.74 Å². The van der Waals surface area contributed by atoms with E-state index in [1.807, 2.05) is 61.5 Å². The molecule has 0 unspecified atom stereocenters. The Balaban J connectivity index is 0.00000280. The monoisotopic (exact) mass is 420 g/mol. The lowest BCUT2D eigenvalue weighted by atomic mass is 10.2. The Labute approximate surface area is 175 Å². The number of fused-ring (bicyclic) bond motifs is 2. The van der Waals surface area contributed by atoms with Crippen molar-refractivity contribution in [2.45, 2.75) is 23.1 Å². The molecule has 1 N–H and O–H groups in total. The second-order valence-electron chi connectivity index (χ2n) is 6.38. The standard InChI is InChI=1S/C20H23N3O3S.ClH/c1-4-26-20(25)21-14-9-10-18-16(13-14)23(19(24)11-12-22(2)3)15-7-5-6-8-17(15)27-18;/h5-10,13H,4,11-12H2,1-3H3,(H,21,25);1H/p-1. The number of hydrogen-bond donors (Lipinski definition) is 1. The summed E-state index contributed by atoms with van der Waals surface area (Å²) in [5.41, 5.74) is 2.24. The third-order valence-electron chi connectivity index (χ3n) is 4.07. The molecule has 0 bridgehead atoms. The van der Waals surface area contributed by atoms with Gasteiger partial charge in [0.15, 0.2) is 0 Å². The van der Waals surface area contributed by atoms with Crippen LogP contribution in [0.2, 0.25) is 0 Å². The van der Waals surface area contributed by atoms with E-state index in [2.05, 4.69) is 5.32 Å². The highest BCUT2D eigenvalue weighted by Gasteiger charge is 2.28. The maximum absolute atomic E-state index is 13.0. The van der Waals surface area contributed by atoms with E-state index in [-0.39, 0.29) is 18.3 Å². The molecule has 28 heavy (non-hydrogen) atoms. The van der Waals surface area contributed by atoms with Crippen molar-refractivity contribution in [1.82, 2.24) is 4.90 Å². The van der Waals surface area contributed by atoms with Crippen LogP contribution in [0.5, 0.6) is 0 Å². The molecule has 6 nitrogen and oxygen atoms in total. The number of rotatable bonds is 5. The smallest absolute Gasteiger partial charge is 0.411 e. The van der Waals surface area contributed by atoms with Gasteiger partial charge in [-0.05, 0) is 51.4 Å². The zero-order valence-electron chi connectivity index (χ0n) is 16.1. The fraction of sp³-hybridized carbons (Fsp3) is 0.300. The second-order valence-corrected chi connectivity index (χ2v) is 7.46. The molecule has 0 saturated heterocycles. The van der Waals surface area contributed by atoms with Gasteiger partial charge in [0.2, 0.25) is 5.91 Å². The Morgan fingerprint density at radius 2 is 1.82 bits per heavy atom. The minimum absolute atomic E-state index is 0. The predicted molar refractivity (Wildman–Crippen MR) is 108 cm³/mol. The SMILES string of the molecule is CCOC(=O)Nc1ccc2c(c1)N(C(=O)CCN(C)C)c1ccccc1S2.[Cl-]. The summed E-state index contributed by atoms with van der Waals surface area (Å²) in [5, 5.41) is 2.71. The number of halogens is 1. The molecule has 1 aliphatic heterocycles. The van der Waals surface area contributed by atoms with E-state index in [0.29, 0.717) is 25.3 Å². The number of ether oxygens (including phenoxy) is 1. The number of para-hydroxylation sites is 1. The first kappa shape index (κ1) is 22.1. The van der Waals surface area contributed by atoms with Crippen LogP contribution in [0.1, 0.15) is 13.3 Å². The van der Waals surface area contributed by atoms with E-state index in [0.717, 1.165) is 21.2 Å². The van der Waals surface area contributed by atoms with Crippen molar-refractivity contribution in [2.24, 2.45) is 0 Å². The summed E-state index contributed by atoms with van der Waals surface area (Å²) >= 11 is 1.62. The molecule has 0 radical (unpaired) electrons. The normalized spacial score (nSPS) is 11.9. The first-order valence-corrected chi connectivity index (χ1v) is 9.63. The maximum Gasteiger partial charge on any atom is 0.411 e. The average molecular weight is 421 g/mol. The lowest BCUT2D eigenvalue weighted by Crippen LogP contribution is -3.00. The van der Waals surface area contributed by atoms with Gasteiger partial charge in [-0.1, -0.05) is 23.9 Å². The van der Waals surface area contributed by atoms with Crippen molar-refractivity contribution in [3.05, 3.63) is 42.5 Å². The van der Waals surface area contributed by atoms with E-state index < -0.39 is 6.09 Å². The number of carbonyl (C=O) groups is 2. The number of nitrogens with one attached hydrogen (secondary N) is 1. The van der Waals surface area contributed by atoms with Gasteiger partial charge in [-0.15, -0.1) is 0 Å². The molecule has 2 amide bonds. The summed E-state index contributed by atoms with van der Waals surface area (Å²) in [5.74, 6) is 0.0194. The number of anilines is 3. The molecule has 0 fully saturated rings. The highest BCUT2D eigenvalue weighted by Crippen LogP contribution is 2.49. The number of benzene rings is 2. The Morgan fingerprint density at radius 3 is 2.54 bits per heavy atom. The molecule has 0 aromatic heterocycles. The van der Waals surface area contributed by atoms with Crippen molar-refractivity contribution >= 4 is 40.8 Å². The number of carbonyl (C=O) groups excluding carboxylic acids is 2. The van der Waals surface area contributed by atoms with Gasteiger partial charge in [-0.2, -0.15) is 0 Å². The lowest BCUT2D eigenvalue weighted by Gasteiger charge is -2.31. The van der Waals surface area contributed by atoms with Crippen LogP contribution in [0.15, 0.2) is 52.3 Å². The number of amides is 2. The molecule has 2 aromatic carbocycles. The van der Waals surface area contributed by atoms with Gasteiger partial charge in [-0.25, -0.2) is 4.79 Å². The third-order valence-corrected chi connectivity index (χ3v) is 5.20. The molecule has 0 atom stereocenters. The van der Waals surface area contributed by atoms with Gasteiger partial charge >= 0.3 is 6.09 Å². The van der Waals surface area contributed by atoms with Gasteiger partial charge < -0.3 is 22.0 Å². The molecule has 8 heteroatoms. The van der Waals surface area contributed by atoms with Crippen molar-refractivity contribution in [2.75, 3.05) is 37.5 Å². The van der Waals surface area contributed by atoms with E-state index >= 15 is 0 Å². The molecule has 0 spiro atoms. The number of nitrogens with zero attached hydrogens (tertiary/aromatic N) is 2. The summed E-state index contributed by atoms with van der Waals surface area (Å²) in [6.45, 7) is 2.72. The van der Waals surface area contributed by atoms with Crippen LogP contribution in [0.25, 0.3) is 0 Å². The number of hydrogen-bond acceptors (Lipinski definition) is 5. The molecule has 2 aromatic rings. The van der Waals surface area contributed by atoms with Crippen molar-refractivity contribution < 1.29 is 26.7 Å². The molecular weight excluding hydrogens is 398 g/mol. The Hall–Kier alpha value is -2.22. The van der Waals surface area contributed by atoms with Crippen LogP contribution >= 0.6 is 11.8 Å². The summed E-state index contributed by atoms with van der Waals surface area (Å²) in [6, 6.07) is 13.4. The van der Waals surface area contributed by atoms with Crippen molar-refractivity contribution in [3.8, 4) is 0 Å². The lowest BCUT2D eigenvalue weighted by molar-refractivity contribution is -0.118. The molecule has 1 aliphatic rings. The topological polar surface area (TPSA) is 61.9 Å². The summed E-state index contributed by atoms with van der Waals surface area (Å²) in [6.07, 6.45) is -0.104. The minimum atomic E-state index is -0.508. The first-order chi connectivity index (χ1) is 13.0. The van der Waals surface area contributed by atoms with Crippen LogP contribution in [0, 0.1) is 0 Å². The van der Waals surface area contributed by atoms with Crippen molar-refractivity contribution in [3.63, 3.8) is 0 Å². The Morgan fingerprint density at radius 1 is 1.11 bits per heavy atom.